The lowest BCUT2D eigenvalue weighted by atomic mass is 9.49. The zero-order valence-corrected chi connectivity index (χ0v) is 16.5. The number of nitrogens with one attached hydrogen (secondary N) is 1. The first-order valence-electron chi connectivity index (χ1n) is 9.94. The molecule has 0 aromatic carbocycles. The summed E-state index contributed by atoms with van der Waals surface area (Å²) in [4.78, 5) is 19.8. The number of amides is 1. The van der Waals surface area contributed by atoms with Gasteiger partial charge in [-0.1, -0.05) is 11.3 Å². The molecule has 4 aliphatic rings. The van der Waals surface area contributed by atoms with E-state index < -0.39 is 0 Å². The summed E-state index contributed by atoms with van der Waals surface area (Å²) in [5.41, 5.74) is 0.694. The SMILES string of the molecule is COCCn1cc(-c2cc[nH]n2)s/c1=N\C(=O)C12CC3CC(CC(C3)C1)C2. The van der Waals surface area contributed by atoms with Gasteiger partial charge in [-0.25, -0.2) is 0 Å². The predicted molar refractivity (Wildman–Crippen MR) is 103 cm³/mol. The van der Waals surface area contributed by atoms with E-state index in [0.717, 1.165) is 52.4 Å². The van der Waals surface area contributed by atoms with Gasteiger partial charge in [0.25, 0.3) is 5.91 Å². The highest BCUT2D eigenvalue weighted by molar-refractivity contribution is 7.12. The van der Waals surface area contributed by atoms with Gasteiger partial charge in [0.1, 0.15) is 5.69 Å². The summed E-state index contributed by atoms with van der Waals surface area (Å²) >= 11 is 1.54. The molecule has 1 amide bonds. The van der Waals surface area contributed by atoms with Crippen LogP contribution in [0.3, 0.4) is 0 Å². The topological polar surface area (TPSA) is 72.3 Å². The largest absolute Gasteiger partial charge is 0.383 e. The van der Waals surface area contributed by atoms with Crippen LogP contribution in [0.15, 0.2) is 23.5 Å². The van der Waals surface area contributed by atoms with Crippen molar-refractivity contribution in [2.45, 2.75) is 45.1 Å². The molecule has 0 radical (unpaired) electrons. The van der Waals surface area contributed by atoms with Gasteiger partial charge in [-0.05, 0) is 62.3 Å². The Morgan fingerprint density at radius 1 is 1.33 bits per heavy atom. The van der Waals surface area contributed by atoms with E-state index in [0.29, 0.717) is 13.2 Å². The van der Waals surface area contributed by atoms with Crippen LogP contribution in [0.2, 0.25) is 0 Å². The lowest BCUT2D eigenvalue weighted by Crippen LogP contribution is -2.49. The summed E-state index contributed by atoms with van der Waals surface area (Å²) in [5.74, 6) is 2.36. The fourth-order valence-electron chi connectivity index (χ4n) is 5.91. The molecule has 0 saturated heterocycles. The summed E-state index contributed by atoms with van der Waals surface area (Å²) in [5, 5.41) is 7.12. The number of thiazole rings is 1. The lowest BCUT2D eigenvalue weighted by molar-refractivity contribution is -0.142. The average Bonchev–Trinajstić information content (AvgIpc) is 3.28. The zero-order chi connectivity index (χ0) is 18.4. The number of nitrogens with zero attached hydrogens (tertiary/aromatic N) is 3. The molecule has 0 atom stereocenters. The lowest BCUT2D eigenvalue weighted by Gasteiger charge is -2.55. The van der Waals surface area contributed by atoms with Gasteiger partial charge in [0.15, 0.2) is 4.80 Å². The molecule has 6 rings (SSSR count). The second-order valence-electron chi connectivity index (χ2n) is 8.64. The van der Waals surface area contributed by atoms with Crippen molar-refractivity contribution in [1.29, 1.82) is 0 Å². The Morgan fingerprint density at radius 3 is 2.63 bits per heavy atom. The minimum absolute atomic E-state index is 0.114. The number of carbonyl (C=O) groups excluding carboxylic acids is 1. The molecule has 0 unspecified atom stereocenters. The number of hydrogen-bond acceptors (Lipinski definition) is 4. The van der Waals surface area contributed by atoms with Crippen LogP contribution in [0.4, 0.5) is 0 Å². The molecule has 4 fully saturated rings. The molecule has 144 valence electrons. The third-order valence-electron chi connectivity index (χ3n) is 6.70. The molecule has 2 aromatic heterocycles. The van der Waals surface area contributed by atoms with E-state index in [1.165, 1.54) is 30.6 Å². The summed E-state index contributed by atoms with van der Waals surface area (Å²) < 4.78 is 7.28. The minimum Gasteiger partial charge on any atom is -0.383 e. The van der Waals surface area contributed by atoms with E-state index in [2.05, 4.69) is 15.2 Å². The Bertz CT molecular complexity index is 860. The average molecular weight is 387 g/mol. The normalized spacial score (nSPS) is 32.3. The van der Waals surface area contributed by atoms with E-state index in [4.69, 9.17) is 4.74 Å². The smallest absolute Gasteiger partial charge is 0.254 e. The van der Waals surface area contributed by atoms with Crippen LogP contribution in [0.25, 0.3) is 10.6 Å². The second-order valence-corrected chi connectivity index (χ2v) is 9.65. The van der Waals surface area contributed by atoms with Gasteiger partial charge in [-0.2, -0.15) is 10.1 Å². The van der Waals surface area contributed by atoms with E-state index in [1.54, 1.807) is 7.11 Å². The number of ether oxygens (including phenoxy) is 1. The van der Waals surface area contributed by atoms with Crippen LogP contribution in [-0.4, -0.2) is 34.4 Å². The fraction of sp³-hybridized carbons (Fsp3) is 0.650. The van der Waals surface area contributed by atoms with Crippen molar-refractivity contribution in [1.82, 2.24) is 14.8 Å². The number of aromatic amines is 1. The van der Waals surface area contributed by atoms with Gasteiger partial charge in [0.2, 0.25) is 0 Å². The standard InChI is InChI=1S/C20H26N4O2S/c1-26-5-4-24-12-17(16-2-3-21-23-16)27-19(24)22-18(25)20-9-13-6-14(10-20)8-15(7-13)11-20/h2-3,12-15H,4-11H2,1H3,(H,21,23)/b22-19-. The number of carbonyl (C=O) groups is 1. The van der Waals surface area contributed by atoms with Gasteiger partial charge < -0.3 is 9.30 Å². The molecule has 4 bridgehead atoms. The van der Waals surface area contributed by atoms with Gasteiger partial charge in [0, 0.05) is 26.0 Å². The Kier molecular flexibility index (Phi) is 4.31. The van der Waals surface area contributed by atoms with E-state index in [-0.39, 0.29) is 11.3 Å². The van der Waals surface area contributed by atoms with Crippen LogP contribution in [0, 0.1) is 23.2 Å². The Labute approximate surface area is 162 Å². The molecule has 0 spiro atoms. The van der Waals surface area contributed by atoms with Crippen molar-refractivity contribution in [3.05, 3.63) is 23.3 Å². The van der Waals surface area contributed by atoms with Gasteiger partial charge in [0.05, 0.1) is 16.9 Å². The molecule has 4 saturated carbocycles. The summed E-state index contributed by atoms with van der Waals surface area (Å²) in [6.45, 7) is 1.28. The molecular weight excluding hydrogens is 360 g/mol. The number of rotatable bonds is 5. The second kappa shape index (κ2) is 6.71. The molecule has 27 heavy (non-hydrogen) atoms. The van der Waals surface area contributed by atoms with Crippen molar-refractivity contribution in [3.8, 4) is 10.6 Å². The highest BCUT2D eigenvalue weighted by Crippen LogP contribution is 2.60. The van der Waals surface area contributed by atoms with E-state index in [1.807, 2.05) is 23.0 Å². The van der Waals surface area contributed by atoms with E-state index >= 15 is 0 Å². The molecular formula is C20H26N4O2S. The zero-order valence-electron chi connectivity index (χ0n) is 15.7. The van der Waals surface area contributed by atoms with Crippen LogP contribution >= 0.6 is 11.3 Å². The Balaban J connectivity index is 1.49. The number of H-pyrrole nitrogens is 1. The van der Waals surface area contributed by atoms with Crippen LogP contribution in [0.5, 0.6) is 0 Å². The van der Waals surface area contributed by atoms with Gasteiger partial charge in [-0.15, -0.1) is 0 Å². The molecule has 7 heteroatoms. The van der Waals surface area contributed by atoms with Crippen LogP contribution < -0.4 is 4.80 Å². The fourth-order valence-corrected chi connectivity index (χ4v) is 6.90. The van der Waals surface area contributed by atoms with Crippen LogP contribution in [-0.2, 0) is 16.1 Å². The van der Waals surface area contributed by atoms with Crippen molar-refractivity contribution >= 4 is 17.2 Å². The van der Waals surface area contributed by atoms with Crippen molar-refractivity contribution in [2.75, 3.05) is 13.7 Å². The molecule has 4 aliphatic carbocycles. The maximum Gasteiger partial charge on any atom is 0.254 e. The predicted octanol–water partition coefficient (Wildman–Crippen LogP) is 3.23. The third-order valence-corrected chi connectivity index (χ3v) is 7.74. The first-order valence-corrected chi connectivity index (χ1v) is 10.8. The first kappa shape index (κ1) is 17.4. The van der Waals surface area contributed by atoms with Gasteiger partial charge >= 0.3 is 0 Å². The Hall–Kier alpha value is -1.73. The molecule has 0 aliphatic heterocycles. The summed E-state index contributed by atoms with van der Waals surface area (Å²) in [6.07, 6.45) is 11.0. The highest BCUT2D eigenvalue weighted by Gasteiger charge is 2.54. The number of methoxy groups -OCH3 is 1. The van der Waals surface area contributed by atoms with Crippen molar-refractivity contribution < 1.29 is 9.53 Å². The summed E-state index contributed by atoms with van der Waals surface area (Å²) in [7, 11) is 1.69. The van der Waals surface area contributed by atoms with Crippen molar-refractivity contribution in [2.24, 2.45) is 28.2 Å². The Morgan fingerprint density at radius 2 is 2.04 bits per heavy atom. The molecule has 1 N–H and O–H groups in total. The van der Waals surface area contributed by atoms with Crippen LogP contribution in [0.1, 0.15) is 38.5 Å². The minimum atomic E-state index is -0.190. The molecule has 2 aromatic rings. The van der Waals surface area contributed by atoms with E-state index in [9.17, 15) is 4.79 Å². The van der Waals surface area contributed by atoms with Crippen molar-refractivity contribution in [3.63, 3.8) is 0 Å². The third kappa shape index (κ3) is 3.10. The van der Waals surface area contributed by atoms with Gasteiger partial charge in [-0.3, -0.25) is 9.89 Å². The highest BCUT2D eigenvalue weighted by atomic mass is 32.1. The maximum absolute atomic E-state index is 13.4. The molecule has 6 nitrogen and oxygen atoms in total. The number of hydrogen-bond donors (Lipinski definition) is 1. The number of aromatic nitrogens is 3. The maximum atomic E-state index is 13.4. The quantitative estimate of drug-likeness (QED) is 0.857. The molecule has 2 heterocycles. The first-order chi connectivity index (χ1) is 13.1. The summed E-state index contributed by atoms with van der Waals surface area (Å²) in [6, 6.07) is 1.94. The monoisotopic (exact) mass is 386 g/mol.